The lowest BCUT2D eigenvalue weighted by atomic mass is 10.0. The maximum absolute atomic E-state index is 13.2. The molecule has 0 aliphatic rings. The largest absolute Gasteiger partial charge is 0.462 e. The van der Waals surface area contributed by atoms with Gasteiger partial charge < -0.3 is 20.3 Å². The molecule has 0 aromatic heterocycles. The Bertz CT molecular complexity index is 1140. The summed E-state index contributed by atoms with van der Waals surface area (Å²) in [6.45, 7) is 6.33. The lowest BCUT2D eigenvalue weighted by molar-refractivity contribution is -0.151. The predicted octanol–water partition coefficient (Wildman–Crippen LogP) is 15.4. The van der Waals surface area contributed by atoms with E-state index in [1.54, 1.807) is 0 Å². The summed E-state index contributed by atoms with van der Waals surface area (Å²) in [6.07, 6.45) is 60.9. The van der Waals surface area contributed by atoms with Crippen LogP contribution < -0.4 is 5.32 Å². The molecule has 0 rings (SSSR count). The average molecular weight is 852 g/mol. The number of aliphatic hydroxyl groups excluding tert-OH is 2. The van der Waals surface area contributed by atoms with Crippen LogP contribution in [0, 0.1) is 0 Å². The van der Waals surface area contributed by atoms with Crippen molar-refractivity contribution in [3.05, 3.63) is 72.9 Å². The number of aliphatic hydroxyl groups is 2. The molecule has 1 amide bonds. The van der Waals surface area contributed by atoms with Gasteiger partial charge in [-0.2, -0.15) is 0 Å². The van der Waals surface area contributed by atoms with Crippen molar-refractivity contribution < 1.29 is 24.5 Å². The van der Waals surface area contributed by atoms with E-state index in [1.165, 1.54) is 122 Å². The van der Waals surface area contributed by atoms with Gasteiger partial charge in [-0.15, -0.1) is 0 Å². The summed E-state index contributed by atoms with van der Waals surface area (Å²) in [4.78, 5) is 26.1. The molecule has 0 radical (unpaired) electrons. The second-order valence-corrected chi connectivity index (χ2v) is 17.4. The van der Waals surface area contributed by atoms with Crippen molar-refractivity contribution >= 4 is 11.9 Å². The van der Waals surface area contributed by atoms with Gasteiger partial charge in [-0.1, -0.05) is 254 Å². The van der Waals surface area contributed by atoms with E-state index in [0.29, 0.717) is 19.3 Å². The molecule has 352 valence electrons. The Hall–Kier alpha value is -2.70. The molecule has 0 aromatic carbocycles. The van der Waals surface area contributed by atoms with Gasteiger partial charge in [-0.3, -0.25) is 9.59 Å². The van der Waals surface area contributed by atoms with Crippen molar-refractivity contribution in [3.8, 4) is 0 Å². The van der Waals surface area contributed by atoms with E-state index in [1.807, 2.05) is 48.6 Å². The van der Waals surface area contributed by atoms with Gasteiger partial charge in [0, 0.05) is 6.42 Å². The number of amides is 1. The molecule has 0 bridgehead atoms. The number of esters is 1. The Balaban J connectivity index is 4.67. The second-order valence-electron chi connectivity index (χ2n) is 17.4. The van der Waals surface area contributed by atoms with Crippen molar-refractivity contribution in [2.45, 2.75) is 257 Å². The minimum absolute atomic E-state index is 0.0588. The first-order chi connectivity index (χ1) is 30.0. The van der Waals surface area contributed by atoms with Gasteiger partial charge in [0.15, 0.2) is 0 Å². The molecule has 0 aromatic rings. The van der Waals surface area contributed by atoms with E-state index in [4.69, 9.17) is 4.74 Å². The number of ether oxygens (including phenoxy) is 1. The fourth-order valence-corrected chi connectivity index (χ4v) is 7.58. The predicted molar refractivity (Wildman–Crippen MR) is 264 cm³/mol. The molecular formula is C55H97NO5. The van der Waals surface area contributed by atoms with Gasteiger partial charge in [0.1, 0.15) is 6.10 Å². The van der Waals surface area contributed by atoms with Crippen LogP contribution in [0.1, 0.15) is 239 Å². The Labute approximate surface area is 377 Å². The molecule has 0 saturated carbocycles. The van der Waals surface area contributed by atoms with Gasteiger partial charge in [0.25, 0.3) is 0 Å². The third-order valence-electron chi connectivity index (χ3n) is 11.5. The molecular weight excluding hydrogens is 755 g/mol. The summed E-state index contributed by atoms with van der Waals surface area (Å²) < 4.78 is 5.92. The van der Waals surface area contributed by atoms with Crippen molar-refractivity contribution in [1.29, 1.82) is 0 Å². The van der Waals surface area contributed by atoms with E-state index in [-0.39, 0.29) is 24.9 Å². The van der Waals surface area contributed by atoms with Crippen molar-refractivity contribution in [3.63, 3.8) is 0 Å². The molecule has 3 unspecified atom stereocenters. The van der Waals surface area contributed by atoms with E-state index in [2.05, 4.69) is 50.4 Å². The van der Waals surface area contributed by atoms with Crippen LogP contribution in [0.25, 0.3) is 0 Å². The number of rotatable bonds is 45. The Morgan fingerprint density at radius 1 is 0.492 bits per heavy atom. The highest BCUT2D eigenvalue weighted by Crippen LogP contribution is 2.18. The van der Waals surface area contributed by atoms with Gasteiger partial charge in [0.2, 0.25) is 5.91 Å². The summed E-state index contributed by atoms with van der Waals surface area (Å²) in [6, 6.07) is -0.711. The highest BCUT2D eigenvalue weighted by Gasteiger charge is 2.24. The van der Waals surface area contributed by atoms with Crippen LogP contribution in [0.5, 0.6) is 0 Å². The van der Waals surface area contributed by atoms with Gasteiger partial charge in [-0.25, -0.2) is 0 Å². The van der Waals surface area contributed by atoms with Crippen molar-refractivity contribution in [2.24, 2.45) is 0 Å². The van der Waals surface area contributed by atoms with E-state index >= 15 is 0 Å². The van der Waals surface area contributed by atoms with Gasteiger partial charge in [-0.05, 0) is 44.9 Å². The van der Waals surface area contributed by atoms with Crippen LogP contribution in [0.15, 0.2) is 72.9 Å². The maximum atomic E-state index is 13.2. The Kier molecular flexibility index (Phi) is 46.2. The Morgan fingerprint density at radius 3 is 1.33 bits per heavy atom. The zero-order valence-corrected chi connectivity index (χ0v) is 40.0. The first-order valence-electron chi connectivity index (χ1n) is 25.7. The quantitative estimate of drug-likeness (QED) is 0.0322. The highest BCUT2D eigenvalue weighted by molar-refractivity contribution is 5.77. The summed E-state index contributed by atoms with van der Waals surface area (Å²) in [5.41, 5.74) is 0. The number of carbonyl (C=O) groups excluding carboxylic acids is 2. The van der Waals surface area contributed by atoms with E-state index in [0.717, 1.165) is 70.6 Å². The smallest absolute Gasteiger partial charge is 0.306 e. The number of carbonyl (C=O) groups is 2. The number of hydrogen-bond donors (Lipinski definition) is 3. The molecule has 0 aliphatic heterocycles. The third-order valence-corrected chi connectivity index (χ3v) is 11.5. The summed E-state index contributed by atoms with van der Waals surface area (Å²) in [5.74, 6) is -0.522. The molecule has 6 nitrogen and oxygen atoms in total. The molecule has 3 N–H and O–H groups in total. The molecule has 0 fully saturated rings. The Morgan fingerprint density at radius 2 is 0.885 bits per heavy atom. The SMILES string of the molecule is CC\C=C/C=C/C=C/C=C\C=C\C=C\CCCCCC(=O)OC(CCCCCCCCCCCCCCC)CC(=O)NC(CO)C(O)CCCCCCCCCCCCCC. The lowest BCUT2D eigenvalue weighted by Crippen LogP contribution is -2.46. The first-order valence-corrected chi connectivity index (χ1v) is 25.7. The van der Waals surface area contributed by atoms with Crippen LogP contribution >= 0.6 is 0 Å². The zero-order chi connectivity index (χ0) is 44.5. The topological polar surface area (TPSA) is 95.9 Å². The van der Waals surface area contributed by atoms with Crippen molar-refractivity contribution in [2.75, 3.05) is 6.61 Å². The number of hydrogen-bond acceptors (Lipinski definition) is 5. The van der Waals surface area contributed by atoms with Crippen molar-refractivity contribution in [1.82, 2.24) is 5.32 Å². The lowest BCUT2D eigenvalue weighted by Gasteiger charge is -2.24. The van der Waals surface area contributed by atoms with Crippen LogP contribution in [0.4, 0.5) is 0 Å². The minimum Gasteiger partial charge on any atom is -0.462 e. The normalized spacial score (nSPS) is 13.9. The highest BCUT2D eigenvalue weighted by atomic mass is 16.5. The standard InChI is InChI=1S/C55H97NO5/c1-4-7-10-13-16-19-22-25-26-27-28-30-33-36-39-42-45-48-55(60)61-51(46-43-40-37-34-31-29-23-20-17-14-11-8-5-2)49-54(59)56-52(50-57)53(58)47-44-41-38-35-32-24-21-18-15-12-9-6-3/h7,10,13,16,19,22,25-28,30,33,51-53,57-58H,4-6,8-9,11-12,14-15,17-18,20-21,23-24,29,31-32,34-50H2,1-3H3,(H,56,59)/b10-7-,16-13+,22-19+,26-25-,28-27+,33-30+. The number of unbranched alkanes of at least 4 members (excludes halogenated alkanes) is 26. The summed E-state index contributed by atoms with van der Waals surface area (Å²) in [7, 11) is 0. The van der Waals surface area contributed by atoms with E-state index in [9.17, 15) is 19.8 Å². The molecule has 6 heteroatoms. The molecule has 0 saturated heterocycles. The molecule has 0 heterocycles. The van der Waals surface area contributed by atoms with Crippen LogP contribution in [0.3, 0.4) is 0 Å². The third kappa shape index (κ3) is 43.7. The zero-order valence-electron chi connectivity index (χ0n) is 40.0. The fourth-order valence-electron chi connectivity index (χ4n) is 7.58. The molecule has 0 aliphatic carbocycles. The molecule has 61 heavy (non-hydrogen) atoms. The fraction of sp³-hybridized carbons (Fsp3) is 0.745. The van der Waals surface area contributed by atoms with E-state index < -0.39 is 18.2 Å². The van der Waals surface area contributed by atoms with Gasteiger partial charge in [0.05, 0.1) is 25.2 Å². The minimum atomic E-state index is -0.796. The second kappa shape index (κ2) is 48.3. The molecule has 0 spiro atoms. The molecule has 3 atom stereocenters. The van der Waals surface area contributed by atoms with Gasteiger partial charge >= 0.3 is 5.97 Å². The first kappa shape index (κ1) is 58.3. The summed E-state index contributed by atoms with van der Waals surface area (Å²) >= 11 is 0. The van der Waals surface area contributed by atoms with Crippen LogP contribution in [-0.4, -0.2) is 46.9 Å². The number of nitrogens with one attached hydrogen (secondary N) is 1. The van der Waals surface area contributed by atoms with Crippen LogP contribution in [0.2, 0.25) is 0 Å². The summed E-state index contributed by atoms with van der Waals surface area (Å²) in [5, 5.41) is 23.7. The average Bonchev–Trinajstić information content (AvgIpc) is 3.25. The maximum Gasteiger partial charge on any atom is 0.306 e. The van der Waals surface area contributed by atoms with Crippen LogP contribution in [-0.2, 0) is 14.3 Å². The monoisotopic (exact) mass is 852 g/mol. The number of allylic oxidation sites excluding steroid dienone is 12.